The number of halogens is 2. The fourth-order valence-corrected chi connectivity index (χ4v) is 3.32. The van der Waals surface area contributed by atoms with Gasteiger partial charge in [-0.1, -0.05) is 45.7 Å². The van der Waals surface area contributed by atoms with Gasteiger partial charge in [0.25, 0.3) is 0 Å². The second kappa shape index (κ2) is 5.79. The van der Waals surface area contributed by atoms with Crippen LogP contribution in [0.5, 0.6) is 0 Å². The van der Waals surface area contributed by atoms with Crippen LogP contribution in [0.4, 0.5) is 5.69 Å². The van der Waals surface area contributed by atoms with Crippen LogP contribution in [0, 0.1) is 0 Å². The maximum Gasteiger partial charge on any atom is 0.0638 e. The first-order chi connectivity index (χ1) is 9.63. The zero-order valence-electron chi connectivity index (χ0n) is 11.4. The van der Waals surface area contributed by atoms with Crippen LogP contribution in [0.1, 0.15) is 36.1 Å². The molecule has 0 fully saturated rings. The van der Waals surface area contributed by atoms with Gasteiger partial charge in [0.1, 0.15) is 0 Å². The van der Waals surface area contributed by atoms with E-state index in [4.69, 9.17) is 11.6 Å². The highest BCUT2D eigenvalue weighted by Crippen LogP contribution is 2.31. The van der Waals surface area contributed by atoms with Crippen molar-refractivity contribution in [3.8, 4) is 0 Å². The third kappa shape index (κ3) is 2.87. The Balaban J connectivity index is 1.82. The molecule has 0 aromatic heterocycles. The minimum absolute atomic E-state index is 0.243. The quantitative estimate of drug-likeness (QED) is 0.741. The Morgan fingerprint density at radius 3 is 2.75 bits per heavy atom. The van der Waals surface area contributed by atoms with E-state index >= 15 is 0 Å². The van der Waals surface area contributed by atoms with Crippen molar-refractivity contribution in [1.82, 2.24) is 0 Å². The van der Waals surface area contributed by atoms with Gasteiger partial charge in [-0.25, -0.2) is 0 Å². The third-order valence-electron chi connectivity index (χ3n) is 3.92. The van der Waals surface area contributed by atoms with Gasteiger partial charge >= 0.3 is 0 Å². The molecule has 1 aliphatic carbocycles. The van der Waals surface area contributed by atoms with E-state index in [1.165, 1.54) is 36.0 Å². The molecule has 0 radical (unpaired) electrons. The molecule has 0 aliphatic heterocycles. The maximum absolute atomic E-state index is 6.24. The molecule has 3 rings (SSSR count). The number of hydrogen-bond acceptors (Lipinski definition) is 1. The molecule has 0 saturated carbocycles. The highest BCUT2D eigenvalue weighted by molar-refractivity contribution is 9.10. The van der Waals surface area contributed by atoms with Crippen molar-refractivity contribution in [2.75, 3.05) is 5.32 Å². The van der Waals surface area contributed by atoms with Crippen molar-refractivity contribution >= 4 is 33.2 Å². The molecule has 3 heteroatoms. The molecule has 0 heterocycles. The molecule has 104 valence electrons. The van der Waals surface area contributed by atoms with Crippen LogP contribution in [0.2, 0.25) is 5.02 Å². The lowest BCUT2D eigenvalue weighted by molar-refractivity contribution is 0.879. The Kier molecular flexibility index (Phi) is 4.04. The molecule has 1 nitrogen and oxygen atoms in total. The van der Waals surface area contributed by atoms with E-state index in [9.17, 15) is 0 Å². The zero-order chi connectivity index (χ0) is 14.1. The summed E-state index contributed by atoms with van der Waals surface area (Å²) in [4.78, 5) is 0. The molecule has 0 spiro atoms. The maximum atomic E-state index is 6.24. The Morgan fingerprint density at radius 2 is 1.90 bits per heavy atom. The highest BCUT2D eigenvalue weighted by atomic mass is 79.9. The smallest absolute Gasteiger partial charge is 0.0638 e. The van der Waals surface area contributed by atoms with E-state index in [1.54, 1.807) is 0 Å². The molecule has 1 unspecified atom stereocenters. The average Bonchev–Trinajstić information content (AvgIpc) is 2.90. The van der Waals surface area contributed by atoms with Crippen LogP contribution >= 0.6 is 27.5 Å². The molecular weight excluding hydrogens is 334 g/mol. The van der Waals surface area contributed by atoms with Crippen molar-refractivity contribution < 1.29 is 0 Å². The summed E-state index contributed by atoms with van der Waals surface area (Å²) >= 11 is 9.72. The first-order valence-corrected chi connectivity index (χ1v) is 8.14. The SMILES string of the molecule is CC(Nc1cc(Br)ccc1Cl)c1ccc2c(c1)CCC2. The van der Waals surface area contributed by atoms with Crippen molar-refractivity contribution in [2.24, 2.45) is 0 Å². The van der Waals surface area contributed by atoms with Gasteiger partial charge in [-0.15, -0.1) is 0 Å². The minimum atomic E-state index is 0.243. The predicted molar refractivity (Wildman–Crippen MR) is 89.7 cm³/mol. The summed E-state index contributed by atoms with van der Waals surface area (Å²) in [7, 11) is 0. The standard InChI is InChI=1S/C17H17BrClN/c1-11(20-17-10-15(18)7-8-16(17)19)13-6-5-12-3-2-4-14(12)9-13/h5-11,20H,2-4H2,1H3. The van der Waals surface area contributed by atoms with Crippen LogP contribution in [0.25, 0.3) is 0 Å². The number of benzene rings is 2. The first-order valence-electron chi connectivity index (χ1n) is 6.97. The predicted octanol–water partition coefficient (Wildman–Crippen LogP) is 5.76. The van der Waals surface area contributed by atoms with Crippen molar-refractivity contribution in [3.05, 3.63) is 62.6 Å². The van der Waals surface area contributed by atoms with Gasteiger partial charge in [-0.2, -0.15) is 0 Å². The second-order valence-corrected chi connectivity index (χ2v) is 6.69. The summed E-state index contributed by atoms with van der Waals surface area (Å²) in [6.07, 6.45) is 3.74. The lowest BCUT2D eigenvalue weighted by Crippen LogP contribution is -2.07. The number of rotatable bonds is 3. The van der Waals surface area contributed by atoms with E-state index in [2.05, 4.69) is 46.4 Å². The number of fused-ring (bicyclic) bond motifs is 1. The van der Waals surface area contributed by atoms with Crippen LogP contribution in [0.15, 0.2) is 40.9 Å². The summed E-state index contributed by atoms with van der Waals surface area (Å²) in [5.74, 6) is 0. The van der Waals surface area contributed by atoms with Gasteiger partial charge in [-0.3, -0.25) is 0 Å². The van der Waals surface area contributed by atoms with Crippen LogP contribution < -0.4 is 5.32 Å². The molecule has 2 aromatic carbocycles. The first kappa shape index (κ1) is 14.0. The molecule has 20 heavy (non-hydrogen) atoms. The Morgan fingerprint density at radius 1 is 1.10 bits per heavy atom. The van der Waals surface area contributed by atoms with Crippen LogP contribution in [-0.4, -0.2) is 0 Å². The molecule has 0 bridgehead atoms. The number of anilines is 1. The Labute approximate surface area is 133 Å². The molecular formula is C17H17BrClN. The van der Waals surface area contributed by atoms with E-state index in [1.807, 2.05) is 18.2 Å². The van der Waals surface area contributed by atoms with Crippen LogP contribution in [-0.2, 0) is 12.8 Å². The number of nitrogens with one attached hydrogen (secondary N) is 1. The van der Waals surface area contributed by atoms with Gasteiger partial charge in [0.2, 0.25) is 0 Å². The van der Waals surface area contributed by atoms with Gasteiger partial charge in [0.15, 0.2) is 0 Å². The fourth-order valence-electron chi connectivity index (χ4n) is 2.79. The van der Waals surface area contributed by atoms with Gasteiger partial charge < -0.3 is 5.32 Å². The molecule has 0 saturated heterocycles. The monoisotopic (exact) mass is 349 g/mol. The second-order valence-electron chi connectivity index (χ2n) is 5.37. The van der Waals surface area contributed by atoms with Crippen molar-refractivity contribution in [3.63, 3.8) is 0 Å². The Bertz CT molecular complexity index is 639. The Hall–Kier alpha value is -0.990. The van der Waals surface area contributed by atoms with Gasteiger partial charge in [-0.05, 0) is 61.1 Å². The lowest BCUT2D eigenvalue weighted by atomic mass is 10.0. The van der Waals surface area contributed by atoms with E-state index in [0.29, 0.717) is 0 Å². The van der Waals surface area contributed by atoms with E-state index in [-0.39, 0.29) is 6.04 Å². The topological polar surface area (TPSA) is 12.0 Å². The minimum Gasteiger partial charge on any atom is -0.377 e. The molecule has 0 amide bonds. The number of aryl methyl sites for hydroxylation is 2. The molecule has 1 N–H and O–H groups in total. The summed E-state index contributed by atoms with van der Waals surface area (Å²) < 4.78 is 1.03. The summed E-state index contributed by atoms with van der Waals surface area (Å²) in [6, 6.07) is 13.0. The summed E-state index contributed by atoms with van der Waals surface area (Å²) in [5, 5.41) is 4.25. The molecule has 1 aliphatic rings. The zero-order valence-corrected chi connectivity index (χ0v) is 13.8. The van der Waals surface area contributed by atoms with Crippen molar-refractivity contribution in [2.45, 2.75) is 32.2 Å². The van der Waals surface area contributed by atoms with E-state index in [0.717, 1.165) is 15.2 Å². The molecule has 2 aromatic rings. The lowest BCUT2D eigenvalue weighted by Gasteiger charge is -2.18. The number of hydrogen-bond donors (Lipinski definition) is 1. The fraction of sp³-hybridized carbons (Fsp3) is 0.294. The summed E-state index contributed by atoms with van der Waals surface area (Å²) in [5.41, 5.74) is 5.31. The van der Waals surface area contributed by atoms with Crippen LogP contribution in [0.3, 0.4) is 0 Å². The van der Waals surface area contributed by atoms with Gasteiger partial charge in [0.05, 0.1) is 10.7 Å². The average molecular weight is 351 g/mol. The highest BCUT2D eigenvalue weighted by Gasteiger charge is 2.14. The van der Waals surface area contributed by atoms with E-state index < -0.39 is 0 Å². The van der Waals surface area contributed by atoms with Gasteiger partial charge in [0, 0.05) is 10.5 Å². The third-order valence-corrected chi connectivity index (χ3v) is 4.75. The largest absolute Gasteiger partial charge is 0.377 e. The van der Waals surface area contributed by atoms with Crippen molar-refractivity contribution in [1.29, 1.82) is 0 Å². The molecule has 1 atom stereocenters. The summed E-state index contributed by atoms with van der Waals surface area (Å²) in [6.45, 7) is 2.17. The normalized spacial score (nSPS) is 14.9.